The molecule has 0 rings (SSSR count). The summed E-state index contributed by atoms with van der Waals surface area (Å²) in [6.07, 6.45) is 11.4. The van der Waals surface area contributed by atoms with E-state index in [1.165, 1.54) is 45.4 Å². The summed E-state index contributed by atoms with van der Waals surface area (Å²) in [5.41, 5.74) is 0.212. The molecular formula is C18H32O4. The van der Waals surface area contributed by atoms with Crippen LogP contribution in [-0.2, 0) is 19.4 Å². The second-order valence-electron chi connectivity index (χ2n) is 5.92. The molecule has 4 heteroatoms. The predicted molar refractivity (Wildman–Crippen MR) is 88.0 cm³/mol. The van der Waals surface area contributed by atoms with Gasteiger partial charge in [0.15, 0.2) is 0 Å². The molecule has 0 aromatic rings. The number of rotatable bonds is 12. The van der Waals surface area contributed by atoms with Gasteiger partial charge in [0, 0.05) is 5.57 Å². The van der Waals surface area contributed by atoms with Crippen LogP contribution in [0.1, 0.15) is 85.0 Å². The highest BCUT2D eigenvalue weighted by Crippen LogP contribution is 2.17. The summed E-state index contributed by atoms with van der Waals surface area (Å²) in [6, 6.07) is 0. The lowest BCUT2D eigenvalue weighted by molar-refractivity contribution is -0.259. The van der Waals surface area contributed by atoms with Gasteiger partial charge in [0.1, 0.15) is 0 Å². The van der Waals surface area contributed by atoms with Crippen molar-refractivity contribution in [1.29, 1.82) is 0 Å². The van der Waals surface area contributed by atoms with Crippen molar-refractivity contribution in [3.63, 3.8) is 0 Å². The fraction of sp³-hybridized carbons (Fsp3) is 0.778. The first kappa shape index (κ1) is 20.7. The fourth-order valence-electron chi connectivity index (χ4n) is 2.23. The number of carbonyl (C=O) groups is 2. The van der Waals surface area contributed by atoms with Crippen molar-refractivity contribution in [1.82, 2.24) is 0 Å². The molecule has 0 N–H and O–H groups in total. The van der Waals surface area contributed by atoms with E-state index in [0.717, 1.165) is 19.3 Å². The molecule has 0 saturated heterocycles. The molecule has 0 aromatic carbocycles. The van der Waals surface area contributed by atoms with Gasteiger partial charge in [-0.25, -0.2) is 19.4 Å². The predicted octanol–water partition coefficient (Wildman–Crippen LogP) is 5.12. The molecule has 0 fully saturated rings. The zero-order valence-electron chi connectivity index (χ0n) is 14.5. The molecule has 22 heavy (non-hydrogen) atoms. The van der Waals surface area contributed by atoms with E-state index in [9.17, 15) is 9.59 Å². The van der Waals surface area contributed by atoms with Crippen molar-refractivity contribution >= 4 is 11.9 Å². The van der Waals surface area contributed by atoms with Crippen LogP contribution in [0.5, 0.6) is 0 Å². The molecule has 128 valence electrons. The van der Waals surface area contributed by atoms with E-state index in [0.29, 0.717) is 6.42 Å². The second kappa shape index (κ2) is 13.4. The standard InChI is InChI=1S/C18H32O4/c1-5-7-8-9-10-11-12-13-14-16(6-2)18(20)22-21-17(19)15(3)4/h16H,3,5-14H2,1-2,4H3. The average molecular weight is 312 g/mol. The van der Waals surface area contributed by atoms with Gasteiger partial charge in [0.05, 0.1) is 5.92 Å². The Labute approximate surface area is 135 Å². The minimum absolute atomic E-state index is 0.196. The zero-order chi connectivity index (χ0) is 16.8. The van der Waals surface area contributed by atoms with Crippen LogP contribution in [0.4, 0.5) is 0 Å². The Morgan fingerprint density at radius 3 is 1.95 bits per heavy atom. The molecule has 4 nitrogen and oxygen atoms in total. The van der Waals surface area contributed by atoms with E-state index in [-0.39, 0.29) is 11.5 Å². The van der Waals surface area contributed by atoms with Gasteiger partial charge in [-0.05, 0) is 19.8 Å². The molecule has 1 atom stereocenters. The SMILES string of the molecule is C=C(C)C(=O)OOC(=O)C(CC)CCCCCCCCCC. The molecular weight excluding hydrogens is 280 g/mol. The van der Waals surface area contributed by atoms with Gasteiger partial charge in [0.25, 0.3) is 0 Å². The van der Waals surface area contributed by atoms with E-state index in [4.69, 9.17) is 0 Å². The van der Waals surface area contributed by atoms with E-state index in [1.54, 1.807) is 0 Å². The van der Waals surface area contributed by atoms with Crippen LogP contribution in [0.3, 0.4) is 0 Å². The monoisotopic (exact) mass is 312 g/mol. The van der Waals surface area contributed by atoms with Crippen LogP contribution in [0, 0.1) is 5.92 Å². The van der Waals surface area contributed by atoms with Crippen LogP contribution in [0.25, 0.3) is 0 Å². The van der Waals surface area contributed by atoms with Crippen molar-refractivity contribution in [3.05, 3.63) is 12.2 Å². The Morgan fingerprint density at radius 1 is 0.909 bits per heavy atom. The molecule has 0 heterocycles. The molecule has 0 saturated carbocycles. The molecule has 0 bridgehead atoms. The quantitative estimate of drug-likeness (QED) is 0.217. The summed E-state index contributed by atoms with van der Waals surface area (Å²) >= 11 is 0. The topological polar surface area (TPSA) is 52.6 Å². The molecule has 0 aliphatic heterocycles. The van der Waals surface area contributed by atoms with E-state index in [2.05, 4.69) is 23.3 Å². The third kappa shape index (κ3) is 10.4. The normalized spacial score (nSPS) is 11.8. The summed E-state index contributed by atoms with van der Waals surface area (Å²) in [5, 5.41) is 0. The Kier molecular flexibility index (Phi) is 12.5. The van der Waals surface area contributed by atoms with Crippen LogP contribution in [0.2, 0.25) is 0 Å². The number of hydrogen-bond donors (Lipinski definition) is 0. The minimum atomic E-state index is -0.699. The number of carbonyl (C=O) groups excluding carboxylic acids is 2. The summed E-state index contributed by atoms with van der Waals surface area (Å²) < 4.78 is 0. The lowest BCUT2D eigenvalue weighted by Crippen LogP contribution is -2.19. The largest absolute Gasteiger partial charge is 0.381 e. The lowest BCUT2D eigenvalue weighted by Gasteiger charge is -2.12. The first-order valence-electron chi connectivity index (χ1n) is 8.61. The third-order valence-corrected chi connectivity index (χ3v) is 3.78. The van der Waals surface area contributed by atoms with Crippen LogP contribution in [-0.4, -0.2) is 11.9 Å². The van der Waals surface area contributed by atoms with Crippen molar-refractivity contribution in [3.8, 4) is 0 Å². The highest BCUT2D eigenvalue weighted by molar-refractivity contribution is 5.87. The molecule has 0 aliphatic carbocycles. The van der Waals surface area contributed by atoms with Gasteiger partial charge < -0.3 is 0 Å². The minimum Gasteiger partial charge on any atom is -0.247 e. The van der Waals surface area contributed by atoms with Crippen molar-refractivity contribution in [2.75, 3.05) is 0 Å². The highest BCUT2D eigenvalue weighted by Gasteiger charge is 2.20. The van der Waals surface area contributed by atoms with Gasteiger partial charge in [-0.2, -0.15) is 0 Å². The zero-order valence-corrected chi connectivity index (χ0v) is 14.5. The fourth-order valence-corrected chi connectivity index (χ4v) is 2.23. The Balaban J connectivity index is 3.75. The molecule has 0 amide bonds. The maximum Gasteiger partial charge on any atom is 0.381 e. The van der Waals surface area contributed by atoms with Crippen LogP contribution in [0.15, 0.2) is 12.2 Å². The maximum atomic E-state index is 11.8. The second-order valence-corrected chi connectivity index (χ2v) is 5.92. The Morgan fingerprint density at radius 2 is 1.45 bits per heavy atom. The van der Waals surface area contributed by atoms with Crippen molar-refractivity contribution in [2.24, 2.45) is 5.92 Å². The summed E-state index contributed by atoms with van der Waals surface area (Å²) in [5.74, 6) is -1.35. The van der Waals surface area contributed by atoms with E-state index >= 15 is 0 Å². The Bertz CT molecular complexity index is 336. The van der Waals surface area contributed by atoms with Gasteiger partial charge >= 0.3 is 11.9 Å². The average Bonchev–Trinajstić information content (AvgIpc) is 2.50. The highest BCUT2D eigenvalue weighted by atomic mass is 17.2. The smallest absolute Gasteiger partial charge is 0.247 e. The van der Waals surface area contributed by atoms with Crippen LogP contribution >= 0.6 is 0 Å². The molecule has 0 spiro atoms. The first-order valence-corrected chi connectivity index (χ1v) is 8.61. The number of unbranched alkanes of at least 4 members (excludes halogenated alkanes) is 7. The van der Waals surface area contributed by atoms with Gasteiger partial charge in [-0.3, -0.25) is 0 Å². The van der Waals surface area contributed by atoms with Crippen LogP contribution < -0.4 is 0 Å². The van der Waals surface area contributed by atoms with Crippen molar-refractivity contribution in [2.45, 2.75) is 85.0 Å². The molecule has 0 aromatic heterocycles. The molecule has 0 aliphatic rings. The number of hydrogen-bond acceptors (Lipinski definition) is 4. The summed E-state index contributed by atoms with van der Waals surface area (Å²) in [4.78, 5) is 32.0. The Hall–Kier alpha value is -1.32. The third-order valence-electron chi connectivity index (χ3n) is 3.78. The molecule has 1 unspecified atom stereocenters. The maximum absolute atomic E-state index is 11.8. The van der Waals surface area contributed by atoms with Gasteiger partial charge in [0.2, 0.25) is 0 Å². The lowest BCUT2D eigenvalue weighted by atomic mass is 9.98. The van der Waals surface area contributed by atoms with E-state index < -0.39 is 11.9 Å². The van der Waals surface area contributed by atoms with Gasteiger partial charge in [-0.1, -0.05) is 71.8 Å². The van der Waals surface area contributed by atoms with Gasteiger partial charge in [-0.15, -0.1) is 0 Å². The van der Waals surface area contributed by atoms with Crippen molar-refractivity contribution < 1.29 is 19.4 Å². The summed E-state index contributed by atoms with van der Waals surface area (Å²) in [6.45, 7) is 9.10. The van der Waals surface area contributed by atoms with E-state index in [1.807, 2.05) is 6.92 Å². The molecule has 0 radical (unpaired) electrons. The summed E-state index contributed by atoms with van der Waals surface area (Å²) in [7, 11) is 0. The first-order chi connectivity index (χ1) is 10.5.